The van der Waals surface area contributed by atoms with Gasteiger partial charge in [-0.05, 0) is 37.1 Å². The average Bonchev–Trinajstić information content (AvgIpc) is 3.22. The van der Waals surface area contributed by atoms with Gasteiger partial charge in [-0.2, -0.15) is 5.10 Å². The molecule has 1 amide bonds. The lowest BCUT2D eigenvalue weighted by atomic mass is 9.91. The highest BCUT2D eigenvalue weighted by Gasteiger charge is 2.27. The highest BCUT2D eigenvalue weighted by Crippen LogP contribution is 2.31. The molecule has 2 unspecified atom stereocenters. The molecular formula is C22H28FN7O2. The van der Waals surface area contributed by atoms with E-state index in [-0.39, 0.29) is 17.6 Å². The van der Waals surface area contributed by atoms with E-state index in [1.807, 2.05) is 6.07 Å². The van der Waals surface area contributed by atoms with Gasteiger partial charge in [0.05, 0.1) is 41.5 Å². The van der Waals surface area contributed by atoms with Crippen molar-refractivity contribution in [1.29, 1.82) is 0 Å². The molecule has 10 heteroatoms. The summed E-state index contributed by atoms with van der Waals surface area (Å²) in [6.45, 7) is 0.997. The van der Waals surface area contributed by atoms with E-state index in [0.717, 1.165) is 25.7 Å². The zero-order chi connectivity index (χ0) is 22.7. The molecule has 1 saturated carbocycles. The Labute approximate surface area is 185 Å². The van der Waals surface area contributed by atoms with Crippen LogP contribution in [-0.4, -0.2) is 46.5 Å². The van der Waals surface area contributed by atoms with Crippen molar-refractivity contribution in [2.45, 2.75) is 44.3 Å². The van der Waals surface area contributed by atoms with Crippen molar-refractivity contribution in [3.8, 4) is 0 Å². The van der Waals surface area contributed by atoms with E-state index in [4.69, 9.17) is 16.2 Å². The van der Waals surface area contributed by atoms with Gasteiger partial charge in [0, 0.05) is 25.4 Å². The molecule has 0 aliphatic heterocycles. The van der Waals surface area contributed by atoms with E-state index in [9.17, 15) is 4.79 Å². The largest absolute Gasteiger partial charge is 0.383 e. The minimum Gasteiger partial charge on any atom is -0.383 e. The Morgan fingerprint density at radius 3 is 2.78 bits per heavy atom. The topological polar surface area (TPSA) is 124 Å². The number of nitrogens with two attached hydrogens (primary N) is 2. The number of amides is 1. The molecule has 1 aliphatic carbocycles. The zero-order valence-corrected chi connectivity index (χ0v) is 18.0. The standard InChI is InChI=1S/C22H28FN7O2/c1-32-11-10-29-18-7-8-19(21(23)15(18)13-27-29)30(28-17-5-3-2-4-16(17)24)20-9-6-14(12-26-20)22(25)31/h6-9,12-13,16-17,28H,2-5,10-11,24H2,1H3,(H2,25,31). The molecule has 9 nitrogen and oxygen atoms in total. The van der Waals surface area contributed by atoms with Crippen molar-refractivity contribution in [2.75, 3.05) is 18.7 Å². The first kappa shape index (κ1) is 22.1. The number of anilines is 2. The predicted molar refractivity (Wildman–Crippen MR) is 120 cm³/mol. The van der Waals surface area contributed by atoms with Crippen LogP contribution >= 0.6 is 0 Å². The summed E-state index contributed by atoms with van der Waals surface area (Å²) >= 11 is 0. The molecule has 1 aliphatic rings. The lowest BCUT2D eigenvalue weighted by Gasteiger charge is -2.35. The lowest BCUT2D eigenvalue weighted by Crippen LogP contribution is -2.53. The van der Waals surface area contributed by atoms with Gasteiger partial charge >= 0.3 is 0 Å². The van der Waals surface area contributed by atoms with E-state index in [2.05, 4.69) is 15.5 Å². The van der Waals surface area contributed by atoms with Gasteiger partial charge in [0.15, 0.2) is 5.82 Å². The number of benzene rings is 1. The van der Waals surface area contributed by atoms with Crippen molar-refractivity contribution < 1.29 is 13.9 Å². The molecule has 3 aromatic rings. The summed E-state index contributed by atoms with van der Waals surface area (Å²) < 4.78 is 22.5. The number of aromatic nitrogens is 3. The Morgan fingerprint density at radius 1 is 1.28 bits per heavy atom. The summed E-state index contributed by atoms with van der Waals surface area (Å²) in [6.07, 6.45) is 6.78. The fourth-order valence-corrected chi connectivity index (χ4v) is 4.05. The smallest absolute Gasteiger partial charge is 0.250 e. The third-order valence-corrected chi connectivity index (χ3v) is 5.86. The molecule has 170 valence electrons. The van der Waals surface area contributed by atoms with Crippen molar-refractivity contribution in [3.63, 3.8) is 0 Å². The molecule has 2 atom stereocenters. The zero-order valence-electron chi connectivity index (χ0n) is 18.0. The average molecular weight is 442 g/mol. The number of halogens is 1. The molecule has 4 rings (SSSR count). The number of methoxy groups -OCH3 is 1. The van der Waals surface area contributed by atoms with Crippen LogP contribution in [0.4, 0.5) is 15.9 Å². The molecule has 2 aromatic heterocycles. The number of hydrogen-bond acceptors (Lipinski definition) is 7. The number of rotatable bonds is 8. The number of hydrazine groups is 1. The molecule has 0 spiro atoms. The summed E-state index contributed by atoms with van der Waals surface area (Å²) in [5.74, 6) is -0.574. The van der Waals surface area contributed by atoms with Gasteiger partial charge in [0.25, 0.3) is 0 Å². The summed E-state index contributed by atoms with van der Waals surface area (Å²) in [6, 6.07) is 6.62. The van der Waals surface area contributed by atoms with Crippen molar-refractivity contribution in [2.24, 2.45) is 11.5 Å². The normalized spacial score (nSPS) is 18.7. The number of nitrogens with zero attached hydrogens (tertiary/aromatic N) is 4. The van der Waals surface area contributed by atoms with Crippen LogP contribution in [0.15, 0.2) is 36.7 Å². The quantitative estimate of drug-likeness (QED) is 0.458. The van der Waals surface area contributed by atoms with Crippen LogP contribution in [0, 0.1) is 5.82 Å². The second kappa shape index (κ2) is 9.60. The number of ether oxygens (including phenoxy) is 1. The van der Waals surface area contributed by atoms with Crippen molar-refractivity contribution >= 4 is 28.3 Å². The molecule has 1 fully saturated rings. The highest BCUT2D eigenvalue weighted by molar-refractivity contribution is 5.92. The number of nitrogens with one attached hydrogen (secondary N) is 1. The number of hydrogen-bond donors (Lipinski definition) is 3. The Hall–Kier alpha value is -3.08. The molecule has 0 bridgehead atoms. The van der Waals surface area contributed by atoms with Gasteiger partial charge in [-0.3, -0.25) is 14.5 Å². The Bertz CT molecular complexity index is 1090. The van der Waals surface area contributed by atoms with E-state index < -0.39 is 11.7 Å². The Kier molecular flexibility index (Phi) is 6.63. The third-order valence-electron chi connectivity index (χ3n) is 5.86. The van der Waals surface area contributed by atoms with Gasteiger partial charge in [-0.25, -0.2) is 14.8 Å². The van der Waals surface area contributed by atoms with Crippen LogP contribution in [0.3, 0.4) is 0 Å². The van der Waals surface area contributed by atoms with Crippen LogP contribution in [0.2, 0.25) is 0 Å². The number of carbonyl (C=O) groups is 1. The van der Waals surface area contributed by atoms with Crippen LogP contribution in [-0.2, 0) is 11.3 Å². The summed E-state index contributed by atoms with van der Waals surface area (Å²) in [4.78, 5) is 15.8. The predicted octanol–water partition coefficient (Wildman–Crippen LogP) is 2.23. The molecule has 0 saturated heterocycles. The van der Waals surface area contributed by atoms with Crippen molar-refractivity contribution in [3.05, 3.63) is 48.0 Å². The maximum atomic E-state index is 15.7. The number of carbonyl (C=O) groups excluding carboxylic acids is 1. The maximum absolute atomic E-state index is 15.7. The molecule has 1 aromatic carbocycles. The number of primary amides is 1. The Balaban J connectivity index is 1.74. The van der Waals surface area contributed by atoms with Gasteiger partial charge in [0.1, 0.15) is 5.82 Å². The van der Waals surface area contributed by atoms with E-state index in [0.29, 0.717) is 35.6 Å². The lowest BCUT2D eigenvalue weighted by molar-refractivity contribution is 0.1000. The minimum absolute atomic E-state index is 0.0408. The first-order valence-electron chi connectivity index (χ1n) is 10.7. The fourth-order valence-electron chi connectivity index (χ4n) is 4.05. The van der Waals surface area contributed by atoms with Crippen LogP contribution in [0.1, 0.15) is 36.0 Å². The fraction of sp³-hybridized carbons (Fsp3) is 0.409. The molecule has 5 N–H and O–H groups in total. The van der Waals surface area contributed by atoms with Gasteiger partial charge in [-0.1, -0.05) is 12.8 Å². The van der Waals surface area contributed by atoms with Crippen molar-refractivity contribution in [1.82, 2.24) is 20.2 Å². The Morgan fingerprint density at radius 2 is 2.09 bits per heavy atom. The first-order valence-corrected chi connectivity index (χ1v) is 10.7. The highest BCUT2D eigenvalue weighted by atomic mass is 19.1. The summed E-state index contributed by atoms with van der Waals surface area (Å²) in [7, 11) is 1.61. The molecule has 0 radical (unpaired) electrons. The molecule has 32 heavy (non-hydrogen) atoms. The van der Waals surface area contributed by atoms with Crippen LogP contribution in [0.5, 0.6) is 0 Å². The molecular weight excluding hydrogens is 413 g/mol. The second-order valence-electron chi connectivity index (χ2n) is 7.98. The third kappa shape index (κ3) is 4.43. The van der Waals surface area contributed by atoms with Gasteiger partial charge in [0.2, 0.25) is 5.91 Å². The molecule has 2 heterocycles. The van der Waals surface area contributed by atoms with Crippen LogP contribution in [0.25, 0.3) is 10.9 Å². The van der Waals surface area contributed by atoms with E-state index in [1.165, 1.54) is 12.4 Å². The number of pyridine rings is 1. The first-order chi connectivity index (χ1) is 15.5. The van der Waals surface area contributed by atoms with Gasteiger partial charge in [-0.15, -0.1) is 0 Å². The monoisotopic (exact) mass is 441 g/mol. The van der Waals surface area contributed by atoms with Gasteiger partial charge < -0.3 is 16.2 Å². The second-order valence-corrected chi connectivity index (χ2v) is 7.98. The van der Waals surface area contributed by atoms with E-state index >= 15 is 4.39 Å². The number of fused-ring (bicyclic) bond motifs is 1. The van der Waals surface area contributed by atoms with E-state index in [1.54, 1.807) is 35.0 Å². The maximum Gasteiger partial charge on any atom is 0.250 e. The SMILES string of the molecule is COCCn1ncc2c(F)c(N(NC3CCCCC3N)c3ccc(C(N)=O)cn3)ccc21. The summed E-state index contributed by atoms with van der Waals surface area (Å²) in [5, 5.41) is 6.29. The van der Waals surface area contributed by atoms with Crippen LogP contribution < -0.4 is 21.9 Å². The summed E-state index contributed by atoms with van der Waals surface area (Å²) in [5.41, 5.74) is 16.3. The minimum atomic E-state index is -0.575.